The van der Waals surface area contributed by atoms with Crippen LogP contribution in [0.4, 0.5) is 5.95 Å². The number of nitrogens with zero attached hydrogens (tertiary/aromatic N) is 3. The topological polar surface area (TPSA) is 69.0 Å². The molecule has 1 unspecified atom stereocenters. The lowest BCUT2D eigenvalue weighted by molar-refractivity contribution is -0.114. The van der Waals surface area contributed by atoms with Gasteiger partial charge in [-0.15, -0.1) is 5.10 Å². The van der Waals surface area contributed by atoms with Crippen molar-refractivity contribution >= 4 is 23.5 Å². The van der Waals surface area contributed by atoms with Crippen LogP contribution in [-0.4, -0.2) is 32.9 Å². The summed E-state index contributed by atoms with van der Waals surface area (Å²) in [6.45, 7) is 8.53. The molecule has 7 heteroatoms. The molecular formula is C22H30N4O2S. The number of rotatable bonds is 10. The number of allylic oxidation sites excluding steroid dienone is 2. The molecule has 0 bridgehead atoms. The minimum absolute atomic E-state index is 0.0265. The first-order chi connectivity index (χ1) is 14.0. The zero-order valence-corrected chi connectivity index (χ0v) is 18.5. The summed E-state index contributed by atoms with van der Waals surface area (Å²) in [6, 6.07) is 7.65. The summed E-state index contributed by atoms with van der Waals surface area (Å²) in [5.41, 5.74) is 2.50. The Labute approximate surface area is 177 Å². The maximum Gasteiger partial charge on any atom is 0.227 e. The monoisotopic (exact) mass is 414 g/mol. The van der Waals surface area contributed by atoms with Crippen molar-refractivity contribution < 1.29 is 9.53 Å². The van der Waals surface area contributed by atoms with E-state index in [0.29, 0.717) is 18.1 Å². The number of fused-ring (bicyclic) bond motifs is 1. The van der Waals surface area contributed by atoms with Gasteiger partial charge in [0.25, 0.3) is 0 Å². The third kappa shape index (κ3) is 5.01. The summed E-state index contributed by atoms with van der Waals surface area (Å²) in [6.07, 6.45) is 4.37. The highest BCUT2D eigenvalue weighted by Gasteiger charge is 2.32. The molecule has 2 heterocycles. The third-order valence-corrected chi connectivity index (χ3v) is 5.81. The Morgan fingerprint density at radius 1 is 1.28 bits per heavy atom. The van der Waals surface area contributed by atoms with Gasteiger partial charge >= 0.3 is 0 Å². The van der Waals surface area contributed by atoms with Crippen molar-refractivity contribution in [3.63, 3.8) is 0 Å². The number of hydrogen-bond donors (Lipinski definition) is 1. The highest BCUT2D eigenvalue weighted by atomic mass is 32.2. The van der Waals surface area contributed by atoms with Gasteiger partial charge < -0.3 is 10.1 Å². The van der Waals surface area contributed by atoms with Crippen molar-refractivity contribution in [2.24, 2.45) is 0 Å². The number of anilines is 1. The Balaban J connectivity index is 1.96. The number of ketones is 1. The second-order valence-corrected chi connectivity index (χ2v) is 8.32. The van der Waals surface area contributed by atoms with Crippen LogP contribution in [-0.2, 0) is 4.79 Å². The molecule has 0 amide bonds. The van der Waals surface area contributed by atoms with E-state index in [9.17, 15) is 4.79 Å². The van der Waals surface area contributed by atoms with Crippen molar-refractivity contribution in [2.45, 2.75) is 64.6 Å². The Hall–Kier alpha value is -2.28. The molecule has 156 valence electrons. The fourth-order valence-electron chi connectivity index (χ4n) is 3.37. The number of ether oxygens (including phenoxy) is 1. The minimum atomic E-state index is -0.313. The molecule has 0 saturated heterocycles. The number of nitrogens with one attached hydrogen (secondary N) is 1. The number of hydrogen-bond acceptors (Lipinski definition) is 6. The molecule has 1 N–H and O–H groups in total. The molecular weight excluding hydrogens is 384 g/mol. The molecule has 29 heavy (non-hydrogen) atoms. The second-order valence-electron chi connectivity index (χ2n) is 7.26. The molecule has 6 nitrogen and oxygen atoms in total. The van der Waals surface area contributed by atoms with E-state index in [0.717, 1.165) is 53.6 Å². The molecule has 1 aromatic heterocycles. The summed E-state index contributed by atoms with van der Waals surface area (Å²) in [5.74, 6) is 2.50. The van der Waals surface area contributed by atoms with Crippen molar-refractivity contribution in [1.82, 2.24) is 14.8 Å². The standard InChI is InChI=1S/C22H30N4O2S/c1-5-7-12-28-18-11-9-10-17(14-18)20-19(16(4)27)15(3)23-21-24-22(25-26(20)21)29-13-8-6-2/h9-11,14,20H,5-8,12-13H2,1-4H3,(H,23,24,25). The van der Waals surface area contributed by atoms with Gasteiger partial charge in [0.2, 0.25) is 11.1 Å². The maximum atomic E-state index is 12.5. The zero-order chi connectivity index (χ0) is 20.8. The van der Waals surface area contributed by atoms with Crippen LogP contribution in [0.25, 0.3) is 0 Å². The summed E-state index contributed by atoms with van der Waals surface area (Å²) >= 11 is 1.65. The lowest BCUT2D eigenvalue weighted by Crippen LogP contribution is -2.27. The molecule has 1 atom stereocenters. The largest absolute Gasteiger partial charge is 0.494 e. The quantitative estimate of drug-likeness (QED) is 0.424. The van der Waals surface area contributed by atoms with Crippen LogP contribution < -0.4 is 10.1 Å². The molecule has 3 rings (SSSR count). The summed E-state index contributed by atoms with van der Waals surface area (Å²) in [4.78, 5) is 17.2. The first-order valence-electron chi connectivity index (χ1n) is 10.4. The number of carbonyl (C=O) groups is 1. The van der Waals surface area contributed by atoms with Gasteiger partial charge in [-0.1, -0.05) is 50.6 Å². The normalized spacial score (nSPS) is 15.8. The Morgan fingerprint density at radius 2 is 2.07 bits per heavy atom. The van der Waals surface area contributed by atoms with Gasteiger partial charge in [0, 0.05) is 17.0 Å². The third-order valence-electron chi connectivity index (χ3n) is 4.88. The molecule has 0 radical (unpaired) electrons. The molecule has 0 saturated carbocycles. The van der Waals surface area contributed by atoms with Gasteiger partial charge in [-0.05, 0) is 44.4 Å². The van der Waals surface area contributed by atoms with E-state index in [-0.39, 0.29) is 11.8 Å². The maximum absolute atomic E-state index is 12.5. The van der Waals surface area contributed by atoms with Gasteiger partial charge in [0.15, 0.2) is 5.78 Å². The van der Waals surface area contributed by atoms with E-state index in [1.54, 1.807) is 18.7 Å². The molecule has 0 spiro atoms. The molecule has 1 aliphatic rings. The molecule has 2 aromatic rings. The lowest BCUT2D eigenvalue weighted by atomic mass is 9.93. The van der Waals surface area contributed by atoms with Crippen LogP contribution in [0, 0.1) is 0 Å². The summed E-state index contributed by atoms with van der Waals surface area (Å²) < 4.78 is 7.73. The Morgan fingerprint density at radius 3 is 2.79 bits per heavy atom. The average Bonchev–Trinajstić information content (AvgIpc) is 3.09. The van der Waals surface area contributed by atoms with Crippen LogP contribution in [0.2, 0.25) is 0 Å². The second kappa shape index (κ2) is 9.96. The van der Waals surface area contributed by atoms with Crippen molar-refractivity contribution in [3.8, 4) is 5.75 Å². The van der Waals surface area contributed by atoms with Gasteiger partial charge in [-0.2, -0.15) is 4.98 Å². The summed E-state index contributed by atoms with van der Waals surface area (Å²) in [5, 5.41) is 8.73. The smallest absolute Gasteiger partial charge is 0.227 e. The molecule has 1 aromatic carbocycles. The first kappa shape index (κ1) is 21.4. The molecule has 0 fully saturated rings. The number of aromatic nitrogens is 3. The van der Waals surface area contributed by atoms with Crippen molar-refractivity contribution in [2.75, 3.05) is 17.7 Å². The lowest BCUT2D eigenvalue weighted by Gasteiger charge is -2.28. The van der Waals surface area contributed by atoms with Gasteiger partial charge in [0.1, 0.15) is 11.8 Å². The van der Waals surface area contributed by atoms with Crippen LogP contribution in [0.15, 0.2) is 40.7 Å². The first-order valence-corrected chi connectivity index (χ1v) is 11.3. The SMILES string of the molecule is CCCCOc1cccc(C2C(C(C)=O)=C(C)Nc3nc(SCCCC)nn32)c1. The number of carbonyl (C=O) groups excluding carboxylic acids is 1. The van der Waals surface area contributed by atoms with E-state index in [2.05, 4.69) is 24.1 Å². The van der Waals surface area contributed by atoms with Gasteiger partial charge in [-0.25, -0.2) is 4.68 Å². The highest BCUT2D eigenvalue weighted by Crippen LogP contribution is 2.37. The number of unbranched alkanes of at least 4 members (excludes halogenated alkanes) is 2. The van der Waals surface area contributed by atoms with Gasteiger partial charge in [0.05, 0.1) is 6.61 Å². The minimum Gasteiger partial charge on any atom is -0.494 e. The number of thioether (sulfide) groups is 1. The van der Waals surface area contributed by atoms with E-state index in [4.69, 9.17) is 9.84 Å². The predicted molar refractivity (Wildman–Crippen MR) is 118 cm³/mol. The fourth-order valence-corrected chi connectivity index (χ4v) is 4.29. The zero-order valence-electron chi connectivity index (χ0n) is 17.7. The van der Waals surface area contributed by atoms with Crippen LogP contribution >= 0.6 is 11.8 Å². The highest BCUT2D eigenvalue weighted by molar-refractivity contribution is 7.99. The van der Waals surface area contributed by atoms with E-state index < -0.39 is 0 Å². The molecule has 1 aliphatic heterocycles. The van der Waals surface area contributed by atoms with Crippen LogP contribution in [0.5, 0.6) is 5.75 Å². The Kier molecular flexibility index (Phi) is 7.36. The predicted octanol–water partition coefficient (Wildman–Crippen LogP) is 5.23. The van der Waals surface area contributed by atoms with Crippen molar-refractivity contribution in [3.05, 3.63) is 41.1 Å². The summed E-state index contributed by atoms with van der Waals surface area (Å²) in [7, 11) is 0. The number of Topliss-reactive ketones (excluding diaryl/α,β-unsaturated/α-hetero) is 1. The van der Waals surface area contributed by atoms with Crippen LogP contribution in [0.3, 0.4) is 0 Å². The van der Waals surface area contributed by atoms with Gasteiger partial charge in [-0.3, -0.25) is 4.79 Å². The molecule has 0 aliphatic carbocycles. The average molecular weight is 415 g/mol. The van der Waals surface area contributed by atoms with Crippen LogP contribution in [0.1, 0.15) is 65.0 Å². The van der Waals surface area contributed by atoms with E-state index >= 15 is 0 Å². The number of benzene rings is 1. The van der Waals surface area contributed by atoms with E-state index in [1.165, 1.54) is 0 Å². The Bertz CT molecular complexity index is 891. The van der Waals surface area contributed by atoms with E-state index in [1.807, 2.05) is 35.9 Å². The fraction of sp³-hybridized carbons (Fsp3) is 0.500. The van der Waals surface area contributed by atoms with Crippen molar-refractivity contribution in [1.29, 1.82) is 0 Å².